The summed E-state index contributed by atoms with van der Waals surface area (Å²) in [6.45, 7) is -0.430. The number of halogens is 3. The van der Waals surface area contributed by atoms with Gasteiger partial charge in [0.2, 0.25) is 0 Å². The Bertz CT molecular complexity index is 986. The minimum Gasteiger partial charge on any atom is -0.330 e. The highest BCUT2D eigenvalue weighted by atomic mass is 32.3. The maximum atomic E-state index is 14.7. The Morgan fingerprint density at radius 2 is 1.13 bits per heavy atom. The first-order valence-electron chi connectivity index (χ1n) is 9.42. The molecule has 2 N–H and O–H groups in total. The van der Waals surface area contributed by atoms with Crippen LogP contribution in [0.4, 0.5) is 13.2 Å². The molecule has 0 saturated heterocycles. The molecule has 3 rings (SSSR count). The second-order valence-corrected chi connectivity index (χ2v) is 11.1. The Balaban J connectivity index is 2.29. The van der Waals surface area contributed by atoms with Crippen molar-refractivity contribution in [2.24, 2.45) is 5.73 Å². The van der Waals surface area contributed by atoms with E-state index in [-0.39, 0.29) is 0 Å². The molecule has 0 aliphatic heterocycles. The van der Waals surface area contributed by atoms with Gasteiger partial charge in [0, 0.05) is 14.7 Å². The van der Waals surface area contributed by atoms with Gasteiger partial charge in [0.15, 0.2) is 6.17 Å². The van der Waals surface area contributed by atoms with Crippen molar-refractivity contribution < 1.29 is 25.2 Å². The van der Waals surface area contributed by atoms with Crippen LogP contribution in [-0.4, -0.2) is 26.4 Å². The Labute approximate surface area is 181 Å². The average Bonchev–Trinajstić information content (AvgIpc) is 2.79. The predicted molar refractivity (Wildman–Crippen MR) is 115 cm³/mol. The summed E-state index contributed by atoms with van der Waals surface area (Å²) >= 11 is 0. The Kier molecular flexibility index (Phi) is 7.10. The van der Waals surface area contributed by atoms with Gasteiger partial charge in [-0.3, -0.25) is 0 Å². The molecule has 0 radical (unpaired) electrons. The predicted octanol–water partition coefficient (Wildman–Crippen LogP) is 5.51. The van der Waals surface area contributed by atoms with Crippen molar-refractivity contribution in [1.29, 1.82) is 0 Å². The molecule has 166 valence electrons. The number of hydrogen-bond acceptors (Lipinski definition) is 4. The number of rotatable bonds is 9. The lowest BCUT2D eigenvalue weighted by atomic mass is 10.3. The van der Waals surface area contributed by atoms with Crippen LogP contribution >= 0.6 is 10.3 Å². The van der Waals surface area contributed by atoms with Crippen LogP contribution < -0.4 is 5.73 Å². The van der Waals surface area contributed by atoms with Gasteiger partial charge in [-0.2, -0.15) is 17.2 Å². The molecule has 0 fully saturated rings. The van der Waals surface area contributed by atoms with E-state index in [9.17, 15) is 21.6 Å². The number of hydrogen-bond donors (Lipinski definition) is 1. The summed E-state index contributed by atoms with van der Waals surface area (Å²) in [5, 5.41) is -4.77. The molecular weight excluding hydrogens is 447 g/mol. The second-order valence-electron chi connectivity index (χ2n) is 6.62. The molecule has 0 aliphatic rings. The Hall–Kier alpha value is -2.33. The fourth-order valence-corrected chi connectivity index (χ4v) is 8.26. The molecule has 0 spiro atoms. The van der Waals surface area contributed by atoms with Crippen molar-refractivity contribution in [3.63, 3.8) is 0 Å². The third-order valence-electron chi connectivity index (χ3n) is 4.54. The SMILES string of the molecule is NCCC(F)C(F)(F)S(=O)(=O)OS(c1ccccc1)(c1ccccc1)c1ccccc1. The van der Waals surface area contributed by atoms with E-state index in [4.69, 9.17) is 9.36 Å². The summed E-state index contributed by atoms with van der Waals surface area (Å²) in [4.78, 5) is 1.13. The van der Waals surface area contributed by atoms with E-state index in [1.54, 1.807) is 91.0 Å². The van der Waals surface area contributed by atoms with Gasteiger partial charge in [0.25, 0.3) is 0 Å². The van der Waals surface area contributed by atoms with Crippen LogP contribution in [0.5, 0.6) is 0 Å². The fourth-order valence-electron chi connectivity index (χ4n) is 3.01. The second kappa shape index (κ2) is 9.44. The van der Waals surface area contributed by atoms with E-state index in [1.807, 2.05) is 0 Å². The molecule has 0 bridgehead atoms. The van der Waals surface area contributed by atoms with Gasteiger partial charge >= 0.3 is 15.4 Å². The molecule has 0 aliphatic carbocycles. The summed E-state index contributed by atoms with van der Waals surface area (Å²) in [7, 11) is -8.90. The molecule has 0 heterocycles. The number of alkyl halides is 3. The van der Waals surface area contributed by atoms with E-state index in [2.05, 4.69) is 0 Å². The lowest BCUT2D eigenvalue weighted by molar-refractivity contribution is -0.00353. The summed E-state index contributed by atoms with van der Waals surface area (Å²) < 4.78 is 74.8. The van der Waals surface area contributed by atoms with Crippen LogP contribution in [0, 0.1) is 0 Å². The van der Waals surface area contributed by atoms with Crippen molar-refractivity contribution in [2.45, 2.75) is 32.5 Å². The minimum absolute atomic E-state index is 0.376. The zero-order valence-corrected chi connectivity index (χ0v) is 18.0. The largest absolute Gasteiger partial charge is 0.401 e. The fraction of sp³-hybridized carbons (Fsp3) is 0.182. The molecule has 3 aromatic carbocycles. The van der Waals surface area contributed by atoms with Crippen LogP contribution in [-0.2, 0) is 13.7 Å². The maximum Gasteiger partial charge on any atom is 0.401 e. The van der Waals surface area contributed by atoms with Crippen molar-refractivity contribution in [3.05, 3.63) is 91.0 Å². The molecule has 3 aromatic rings. The van der Waals surface area contributed by atoms with Gasteiger partial charge in [-0.1, -0.05) is 54.6 Å². The lowest BCUT2D eigenvalue weighted by Gasteiger charge is -2.40. The summed E-state index contributed by atoms with van der Waals surface area (Å²) in [6.07, 6.45) is -3.82. The van der Waals surface area contributed by atoms with E-state index in [0.29, 0.717) is 14.7 Å². The zero-order chi connectivity index (χ0) is 22.5. The normalized spacial score (nSPS) is 14.2. The third kappa shape index (κ3) is 4.50. The topological polar surface area (TPSA) is 69.4 Å². The van der Waals surface area contributed by atoms with Gasteiger partial charge < -0.3 is 5.73 Å². The highest BCUT2D eigenvalue weighted by molar-refractivity contribution is 8.33. The van der Waals surface area contributed by atoms with Crippen molar-refractivity contribution in [2.75, 3.05) is 6.54 Å². The molecule has 0 amide bonds. The highest BCUT2D eigenvalue weighted by Gasteiger charge is 2.57. The highest BCUT2D eigenvalue weighted by Crippen LogP contribution is 2.70. The monoisotopic (exact) mass is 469 g/mol. The van der Waals surface area contributed by atoms with E-state index < -0.39 is 44.8 Å². The molecule has 9 heteroatoms. The van der Waals surface area contributed by atoms with Crippen molar-refractivity contribution in [3.8, 4) is 0 Å². The third-order valence-corrected chi connectivity index (χ3v) is 9.80. The lowest BCUT2D eigenvalue weighted by Crippen LogP contribution is -2.41. The van der Waals surface area contributed by atoms with Gasteiger partial charge in [0.05, 0.1) is 0 Å². The van der Waals surface area contributed by atoms with Crippen LogP contribution in [0.1, 0.15) is 6.42 Å². The molecule has 1 unspecified atom stereocenters. The number of nitrogens with two attached hydrogens (primary N) is 1. The van der Waals surface area contributed by atoms with Crippen LogP contribution in [0.25, 0.3) is 0 Å². The molecule has 1 atom stereocenters. The van der Waals surface area contributed by atoms with Crippen LogP contribution in [0.2, 0.25) is 0 Å². The smallest absolute Gasteiger partial charge is 0.330 e. The quantitative estimate of drug-likeness (QED) is 0.449. The molecule has 31 heavy (non-hydrogen) atoms. The molecule has 0 saturated carbocycles. The van der Waals surface area contributed by atoms with E-state index >= 15 is 0 Å². The van der Waals surface area contributed by atoms with Crippen LogP contribution in [0.15, 0.2) is 106 Å². The van der Waals surface area contributed by atoms with Crippen molar-refractivity contribution >= 4 is 20.4 Å². The van der Waals surface area contributed by atoms with Gasteiger partial charge in [0.1, 0.15) is 0 Å². The Morgan fingerprint density at radius 1 is 0.774 bits per heavy atom. The maximum absolute atomic E-state index is 14.7. The van der Waals surface area contributed by atoms with Gasteiger partial charge in [-0.25, -0.2) is 8.02 Å². The first-order valence-corrected chi connectivity index (χ1v) is 12.4. The van der Waals surface area contributed by atoms with Gasteiger partial charge in [-0.15, -0.1) is 0 Å². The van der Waals surface area contributed by atoms with Gasteiger partial charge in [-0.05, 0) is 59.7 Å². The van der Waals surface area contributed by atoms with Crippen LogP contribution in [0.3, 0.4) is 0 Å². The van der Waals surface area contributed by atoms with Crippen molar-refractivity contribution in [1.82, 2.24) is 0 Å². The Morgan fingerprint density at radius 3 is 1.45 bits per heavy atom. The molecular formula is C22H22F3NO3S2. The molecule has 4 nitrogen and oxygen atoms in total. The average molecular weight is 470 g/mol. The zero-order valence-electron chi connectivity index (χ0n) is 16.4. The van der Waals surface area contributed by atoms with E-state index in [1.165, 1.54) is 0 Å². The standard InChI is InChI=1S/C22H22F3NO3S2/c23-21(16-17-26)22(24,25)31(27,28)29-30(18-10-4-1-5-11-18,19-12-6-2-7-13-19)20-14-8-3-9-15-20/h1-15,21H,16-17,26H2. The summed E-state index contributed by atoms with van der Waals surface area (Å²) in [5.41, 5.74) is 5.17. The number of benzene rings is 3. The summed E-state index contributed by atoms with van der Waals surface area (Å²) in [5.74, 6) is 0. The molecule has 0 aromatic heterocycles. The van der Waals surface area contributed by atoms with E-state index in [0.717, 1.165) is 0 Å². The summed E-state index contributed by atoms with van der Waals surface area (Å²) in [6, 6.07) is 24.7. The minimum atomic E-state index is -5.71. The first-order chi connectivity index (χ1) is 14.8. The first kappa shape index (κ1) is 23.3.